The summed E-state index contributed by atoms with van der Waals surface area (Å²) < 4.78 is 14.1. The minimum absolute atomic E-state index is 0.168. The molecule has 0 bridgehead atoms. The van der Waals surface area contributed by atoms with Gasteiger partial charge in [-0.3, -0.25) is 0 Å². The first-order valence-corrected chi connectivity index (χ1v) is 7.27. The highest BCUT2D eigenvalue weighted by Gasteiger charge is 2.18. The lowest BCUT2D eigenvalue weighted by Gasteiger charge is -2.31. The third-order valence-corrected chi connectivity index (χ3v) is 3.72. The van der Waals surface area contributed by atoms with Gasteiger partial charge in [-0.15, -0.1) is 11.6 Å². The lowest BCUT2D eigenvalue weighted by molar-refractivity contribution is 0.211. The second-order valence-corrected chi connectivity index (χ2v) is 5.18. The first kappa shape index (κ1) is 14.4. The highest BCUT2D eigenvalue weighted by Crippen LogP contribution is 2.31. The number of halogens is 2. The van der Waals surface area contributed by atoms with Crippen LogP contribution in [-0.2, 0) is 0 Å². The Morgan fingerprint density at radius 2 is 2.05 bits per heavy atom. The fourth-order valence-corrected chi connectivity index (χ4v) is 2.49. The summed E-state index contributed by atoms with van der Waals surface area (Å²) in [6.45, 7) is 2.09. The van der Waals surface area contributed by atoms with E-state index in [1.165, 1.54) is 12.5 Å². The molecule has 5 heteroatoms. The van der Waals surface area contributed by atoms with Gasteiger partial charge in [-0.05, 0) is 31.4 Å². The summed E-state index contributed by atoms with van der Waals surface area (Å²) >= 11 is 5.56. The molecule has 1 saturated heterocycles. The number of nitrogens with zero attached hydrogens (tertiary/aromatic N) is 1. The highest BCUT2D eigenvalue weighted by molar-refractivity contribution is 6.18. The van der Waals surface area contributed by atoms with Crippen LogP contribution in [0.1, 0.15) is 19.3 Å². The van der Waals surface area contributed by atoms with Crippen molar-refractivity contribution in [3.05, 3.63) is 24.0 Å². The van der Waals surface area contributed by atoms with E-state index in [-0.39, 0.29) is 11.7 Å². The summed E-state index contributed by atoms with van der Waals surface area (Å²) in [5, 5.41) is 12.6. The van der Waals surface area contributed by atoms with Gasteiger partial charge < -0.3 is 15.3 Å². The second-order valence-electron chi connectivity index (χ2n) is 4.87. The number of para-hydroxylation sites is 1. The van der Waals surface area contributed by atoms with Crippen molar-refractivity contribution in [3.8, 4) is 0 Å². The van der Waals surface area contributed by atoms with Crippen LogP contribution in [0.25, 0.3) is 0 Å². The van der Waals surface area contributed by atoms with Gasteiger partial charge in [0.1, 0.15) is 5.82 Å². The number of alkyl halides is 1. The van der Waals surface area contributed by atoms with Crippen molar-refractivity contribution < 1.29 is 9.50 Å². The van der Waals surface area contributed by atoms with Crippen molar-refractivity contribution in [1.82, 2.24) is 0 Å². The van der Waals surface area contributed by atoms with Crippen LogP contribution in [-0.4, -0.2) is 36.7 Å². The van der Waals surface area contributed by atoms with Crippen LogP contribution in [0.4, 0.5) is 15.8 Å². The zero-order valence-corrected chi connectivity index (χ0v) is 11.7. The number of benzene rings is 1. The van der Waals surface area contributed by atoms with E-state index >= 15 is 0 Å². The third-order valence-electron chi connectivity index (χ3n) is 3.37. The molecule has 1 aromatic rings. The molecule has 0 aliphatic carbocycles. The zero-order valence-electron chi connectivity index (χ0n) is 10.9. The lowest BCUT2D eigenvalue weighted by atomic mass is 10.1. The minimum atomic E-state index is -0.626. The smallest absolute Gasteiger partial charge is 0.148 e. The number of piperidine rings is 1. The van der Waals surface area contributed by atoms with E-state index in [9.17, 15) is 9.50 Å². The number of rotatable bonds is 5. The Morgan fingerprint density at radius 3 is 2.74 bits per heavy atom. The highest BCUT2D eigenvalue weighted by atomic mass is 35.5. The molecule has 19 heavy (non-hydrogen) atoms. The Labute approximate surface area is 118 Å². The van der Waals surface area contributed by atoms with Gasteiger partial charge in [0.2, 0.25) is 0 Å². The molecule has 0 saturated carbocycles. The number of anilines is 2. The average molecular weight is 287 g/mol. The van der Waals surface area contributed by atoms with E-state index in [2.05, 4.69) is 10.2 Å². The Hall–Kier alpha value is -1.00. The molecule has 0 spiro atoms. The van der Waals surface area contributed by atoms with Gasteiger partial charge in [0.05, 0.1) is 23.4 Å². The topological polar surface area (TPSA) is 35.5 Å². The summed E-state index contributed by atoms with van der Waals surface area (Å²) in [5.41, 5.74) is 1.34. The molecule has 106 valence electrons. The number of aliphatic hydroxyl groups is 1. The number of aliphatic hydroxyl groups excluding tert-OH is 1. The molecule has 3 nitrogen and oxygen atoms in total. The van der Waals surface area contributed by atoms with E-state index in [1.807, 2.05) is 6.07 Å². The molecule has 2 N–H and O–H groups in total. The zero-order chi connectivity index (χ0) is 13.7. The summed E-state index contributed by atoms with van der Waals surface area (Å²) in [6, 6.07) is 5.00. The molecule has 1 fully saturated rings. The molecule has 0 amide bonds. The van der Waals surface area contributed by atoms with Crippen molar-refractivity contribution in [3.63, 3.8) is 0 Å². The maximum absolute atomic E-state index is 14.1. The standard InChI is InChI=1S/C14H20ClFN2O/c15-9-11(19)10-17-13-6-4-5-12(16)14(13)18-7-2-1-3-8-18/h4-6,11,17,19H,1-3,7-10H2. The normalized spacial score (nSPS) is 17.3. The predicted octanol–water partition coefficient (Wildman–Crippen LogP) is 2.83. The van der Waals surface area contributed by atoms with Crippen molar-refractivity contribution in [2.45, 2.75) is 25.4 Å². The van der Waals surface area contributed by atoms with Crippen LogP contribution in [0.2, 0.25) is 0 Å². The largest absolute Gasteiger partial charge is 0.390 e. The van der Waals surface area contributed by atoms with Crippen LogP contribution in [0, 0.1) is 5.82 Å². The fourth-order valence-electron chi connectivity index (χ4n) is 2.38. The molecule has 0 radical (unpaired) electrons. The van der Waals surface area contributed by atoms with Crippen molar-refractivity contribution in [1.29, 1.82) is 0 Å². The van der Waals surface area contributed by atoms with Gasteiger partial charge >= 0.3 is 0 Å². The van der Waals surface area contributed by atoms with Gasteiger partial charge in [-0.1, -0.05) is 6.07 Å². The molecule has 2 rings (SSSR count). The second kappa shape index (κ2) is 6.96. The van der Waals surface area contributed by atoms with E-state index < -0.39 is 6.10 Å². The van der Waals surface area contributed by atoms with Crippen LogP contribution < -0.4 is 10.2 Å². The molecule has 1 aliphatic rings. The van der Waals surface area contributed by atoms with Crippen LogP contribution in [0.5, 0.6) is 0 Å². The Balaban J connectivity index is 2.15. The molecule has 1 atom stereocenters. The fraction of sp³-hybridized carbons (Fsp3) is 0.571. The summed E-state index contributed by atoms with van der Waals surface area (Å²) in [7, 11) is 0. The summed E-state index contributed by atoms with van der Waals surface area (Å²) in [4.78, 5) is 2.08. The van der Waals surface area contributed by atoms with Gasteiger partial charge in [-0.2, -0.15) is 0 Å². The average Bonchev–Trinajstić information content (AvgIpc) is 2.45. The maximum Gasteiger partial charge on any atom is 0.148 e. The van der Waals surface area contributed by atoms with E-state index in [0.717, 1.165) is 31.6 Å². The molecule has 0 aromatic heterocycles. The first-order valence-electron chi connectivity index (χ1n) is 6.73. The van der Waals surface area contributed by atoms with Crippen LogP contribution in [0.15, 0.2) is 18.2 Å². The first-order chi connectivity index (χ1) is 9.22. The molecule has 1 aliphatic heterocycles. The van der Waals surface area contributed by atoms with Crippen LogP contribution in [0.3, 0.4) is 0 Å². The van der Waals surface area contributed by atoms with Gasteiger partial charge in [0.15, 0.2) is 0 Å². The Morgan fingerprint density at radius 1 is 1.32 bits per heavy atom. The summed E-state index contributed by atoms with van der Waals surface area (Å²) in [6.07, 6.45) is 2.77. The van der Waals surface area contributed by atoms with Gasteiger partial charge in [0, 0.05) is 19.6 Å². The third kappa shape index (κ3) is 3.74. The predicted molar refractivity (Wildman–Crippen MR) is 77.7 cm³/mol. The number of hydrogen-bond acceptors (Lipinski definition) is 3. The molecule has 1 heterocycles. The van der Waals surface area contributed by atoms with Gasteiger partial charge in [0.25, 0.3) is 0 Å². The molecular weight excluding hydrogens is 267 g/mol. The quantitative estimate of drug-likeness (QED) is 0.817. The SMILES string of the molecule is OC(CCl)CNc1cccc(F)c1N1CCCCC1. The van der Waals surface area contributed by atoms with Crippen LogP contribution >= 0.6 is 11.6 Å². The monoisotopic (exact) mass is 286 g/mol. The number of hydrogen-bond donors (Lipinski definition) is 2. The van der Waals surface area contributed by atoms with Gasteiger partial charge in [-0.25, -0.2) is 4.39 Å². The summed E-state index contributed by atoms with van der Waals surface area (Å²) in [5.74, 6) is -0.0475. The Kier molecular flexibility index (Phi) is 5.28. The van der Waals surface area contributed by atoms with E-state index in [4.69, 9.17) is 11.6 Å². The maximum atomic E-state index is 14.1. The van der Waals surface area contributed by atoms with Crippen molar-refractivity contribution in [2.75, 3.05) is 35.7 Å². The lowest BCUT2D eigenvalue weighted by Crippen LogP contribution is -2.31. The molecule has 1 unspecified atom stereocenters. The Bertz CT molecular complexity index is 410. The van der Waals surface area contributed by atoms with E-state index in [0.29, 0.717) is 12.2 Å². The minimum Gasteiger partial charge on any atom is -0.390 e. The molecular formula is C14H20ClFN2O. The van der Waals surface area contributed by atoms with Crippen molar-refractivity contribution >= 4 is 23.0 Å². The number of nitrogens with one attached hydrogen (secondary N) is 1. The van der Waals surface area contributed by atoms with Crippen molar-refractivity contribution in [2.24, 2.45) is 0 Å². The van der Waals surface area contributed by atoms with E-state index in [1.54, 1.807) is 6.07 Å². The molecule has 1 aromatic carbocycles.